The van der Waals surface area contributed by atoms with Crippen molar-refractivity contribution < 1.29 is 14.0 Å². The standard InChI is InChI=1S/C30H29FN4O2/c1-2-26-28(33-29(36)20-8-9-20)25(16-19-6-4-3-5-7-19)30(37)34(26)24-14-15-27-21(17-24)18-32-35(27)23-12-10-22(31)11-13-23/h3-7,10-15,17-18,20,25-26,28H,2,8-9,16H2,1H3,(H,33,36). The van der Waals surface area contributed by atoms with Crippen molar-refractivity contribution in [1.29, 1.82) is 0 Å². The third-order valence-corrected chi connectivity index (χ3v) is 7.61. The SMILES string of the molecule is CCC1C(NC(=O)C2CC2)C(Cc2ccccc2)C(=O)N1c1ccc2c(cnn2-c2ccc(F)cc2)c1. The van der Waals surface area contributed by atoms with Crippen molar-refractivity contribution in [1.82, 2.24) is 15.1 Å². The van der Waals surface area contributed by atoms with Crippen molar-refractivity contribution in [3.05, 3.63) is 90.4 Å². The Bertz CT molecular complexity index is 1450. The summed E-state index contributed by atoms with van der Waals surface area (Å²) in [5, 5.41) is 8.65. The van der Waals surface area contributed by atoms with Crippen LogP contribution >= 0.6 is 0 Å². The van der Waals surface area contributed by atoms with Gasteiger partial charge in [0.15, 0.2) is 0 Å². The Morgan fingerprint density at radius 1 is 1.03 bits per heavy atom. The number of carbonyl (C=O) groups excluding carboxylic acids is 2. The van der Waals surface area contributed by atoms with Gasteiger partial charge in [0, 0.05) is 17.0 Å². The monoisotopic (exact) mass is 496 g/mol. The summed E-state index contributed by atoms with van der Waals surface area (Å²) < 4.78 is 15.2. The highest BCUT2D eigenvalue weighted by molar-refractivity contribution is 6.01. The van der Waals surface area contributed by atoms with E-state index in [1.165, 1.54) is 12.1 Å². The van der Waals surface area contributed by atoms with Gasteiger partial charge in [0.25, 0.3) is 0 Å². The number of hydrogen-bond donors (Lipinski definition) is 1. The molecule has 4 aromatic rings. The molecule has 1 N–H and O–H groups in total. The number of hydrogen-bond acceptors (Lipinski definition) is 3. The Morgan fingerprint density at radius 3 is 2.46 bits per heavy atom. The third kappa shape index (κ3) is 4.39. The fraction of sp³-hybridized carbons (Fsp3) is 0.300. The minimum atomic E-state index is -0.340. The molecule has 0 spiro atoms. The maximum Gasteiger partial charge on any atom is 0.232 e. The van der Waals surface area contributed by atoms with E-state index < -0.39 is 0 Å². The summed E-state index contributed by atoms with van der Waals surface area (Å²) in [4.78, 5) is 28.7. The topological polar surface area (TPSA) is 67.2 Å². The van der Waals surface area contributed by atoms with E-state index in [9.17, 15) is 14.0 Å². The van der Waals surface area contributed by atoms with Crippen molar-refractivity contribution >= 4 is 28.4 Å². The van der Waals surface area contributed by atoms with Gasteiger partial charge < -0.3 is 10.2 Å². The lowest BCUT2D eigenvalue weighted by atomic mass is 9.90. The van der Waals surface area contributed by atoms with Crippen molar-refractivity contribution in [3.63, 3.8) is 0 Å². The second-order valence-electron chi connectivity index (χ2n) is 10.1. The number of benzene rings is 3. The van der Waals surface area contributed by atoms with Gasteiger partial charge in [0.2, 0.25) is 11.8 Å². The maximum atomic E-state index is 14.0. The highest BCUT2D eigenvalue weighted by Gasteiger charge is 2.49. The number of fused-ring (bicyclic) bond motifs is 1. The number of nitrogens with zero attached hydrogens (tertiary/aromatic N) is 3. The van der Waals surface area contributed by atoms with Crippen LogP contribution in [0.5, 0.6) is 0 Å². The Labute approximate surface area is 215 Å². The largest absolute Gasteiger partial charge is 0.350 e. The molecule has 2 aliphatic rings. The van der Waals surface area contributed by atoms with Gasteiger partial charge in [0.1, 0.15) is 5.82 Å². The minimum Gasteiger partial charge on any atom is -0.350 e. The first-order chi connectivity index (χ1) is 18.0. The van der Waals surface area contributed by atoms with E-state index in [2.05, 4.69) is 17.3 Å². The molecule has 6 rings (SSSR count). The first-order valence-electron chi connectivity index (χ1n) is 12.9. The smallest absolute Gasteiger partial charge is 0.232 e. The van der Waals surface area contributed by atoms with E-state index in [1.54, 1.807) is 23.0 Å². The van der Waals surface area contributed by atoms with E-state index >= 15 is 0 Å². The lowest BCUT2D eigenvalue weighted by Gasteiger charge is -2.28. The molecular weight excluding hydrogens is 467 g/mol. The Balaban J connectivity index is 1.35. The number of nitrogens with one attached hydrogen (secondary N) is 1. The van der Waals surface area contributed by atoms with Crippen LogP contribution in [0.4, 0.5) is 10.1 Å². The van der Waals surface area contributed by atoms with Crippen molar-refractivity contribution in [2.45, 2.75) is 44.7 Å². The highest BCUT2D eigenvalue weighted by Crippen LogP contribution is 2.37. The van der Waals surface area contributed by atoms with Gasteiger partial charge in [-0.15, -0.1) is 0 Å². The number of amides is 2. The molecule has 2 amide bonds. The zero-order valence-corrected chi connectivity index (χ0v) is 20.7. The zero-order valence-electron chi connectivity index (χ0n) is 20.7. The normalized spacial score (nSPS) is 21.5. The fourth-order valence-electron chi connectivity index (χ4n) is 5.54. The van der Waals surface area contributed by atoms with E-state index in [4.69, 9.17) is 0 Å². The first kappa shape index (κ1) is 23.4. The van der Waals surface area contributed by atoms with Crippen molar-refractivity contribution in [3.8, 4) is 5.69 Å². The summed E-state index contributed by atoms with van der Waals surface area (Å²) in [7, 11) is 0. The van der Waals surface area contributed by atoms with Crippen LogP contribution in [0, 0.1) is 17.7 Å². The molecule has 188 valence electrons. The molecule has 1 saturated carbocycles. The second-order valence-corrected chi connectivity index (χ2v) is 10.1. The minimum absolute atomic E-state index is 0.0297. The van der Waals surface area contributed by atoms with Crippen LogP contribution in [0.15, 0.2) is 79.0 Å². The molecule has 1 saturated heterocycles. The number of aromatic nitrogens is 2. The molecule has 3 unspecified atom stereocenters. The molecule has 6 nitrogen and oxygen atoms in total. The molecule has 1 aliphatic heterocycles. The quantitative estimate of drug-likeness (QED) is 0.390. The summed E-state index contributed by atoms with van der Waals surface area (Å²) in [6, 6.07) is 21.7. The molecule has 2 heterocycles. The highest BCUT2D eigenvalue weighted by atomic mass is 19.1. The predicted octanol–water partition coefficient (Wildman–Crippen LogP) is 5.04. The van der Waals surface area contributed by atoms with E-state index in [0.717, 1.165) is 47.1 Å². The molecule has 1 aromatic heterocycles. The van der Waals surface area contributed by atoms with Crippen LogP contribution in [0.25, 0.3) is 16.6 Å². The second kappa shape index (κ2) is 9.47. The Kier molecular flexibility index (Phi) is 5.99. The van der Waals surface area contributed by atoms with Gasteiger partial charge in [-0.2, -0.15) is 5.10 Å². The van der Waals surface area contributed by atoms with Gasteiger partial charge in [-0.05, 0) is 73.7 Å². The molecule has 0 bridgehead atoms. The molecular formula is C30H29FN4O2. The van der Waals surface area contributed by atoms with Crippen LogP contribution in [-0.2, 0) is 16.0 Å². The summed E-state index contributed by atoms with van der Waals surface area (Å²) in [6.45, 7) is 2.07. The summed E-state index contributed by atoms with van der Waals surface area (Å²) in [5.74, 6) is -0.469. The number of rotatable bonds is 7. The number of anilines is 1. The van der Waals surface area contributed by atoms with Gasteiger partial charge in [-0.3, -0.25) is 9.59 Å². The lowest BCUT2D eigenvalue weighted by Crippen LogP contribution is -2.47. The van der Waals surface area contributed by atoms with E-state index in [-0.39, 0.29) is 41.6 Å². The molecule has 37 heavy (non-hydrogen) atoms. The van der Waals surface area contributed by atoms with E-state index in [1.807, 2.05) is 53.4 Å². The molecule has 7 heteroatoms. The predicted molar refractivity (Wildman–Crippen MR) is 141 cm³/mol. The van der Waals surface area contributed by atoms with Crippen LogP contribution in [0.1, 0.15) is 31.7 Å². The Morgan fingerprint density at radius 2 is 1.76 bits per heavy atom. The van der Waals surface area contributed by atoms with Crippen molar-refractivity contribution in [2.75, 3.05) is 4.90 Å². The lowest BCUT2D eigenvalue weighted by molar-refractivity contribution is -0.124. The fourth-order valence-corrected chi connectivity index (χ4v) is 5.54. The van der Waals surface area contributed by atoms with Crippen molar-refractivity contribution in [2.24, 2.45) is 11.8 Å². The van der Waals surface area contributed by atoms with Gasteiger partial charge >= 0.3 is 0 Å². The summed E-state index contributed by atoms with van der Waals surface area (Å²) >= 11 is 0. The van der Waals surface area contributed by atoms with E-state index in [0.29, 0.717) is 6.42 Å². The van der Waals surface area contributed by atoms with Gasteiger partial charge in [-0.25, -0.2) is 9.07 Å². The molecule has 3 atom stereocenters. The maximum absolute atomic E-state index is 14.0. The summed E-state index contributed by atoms with van der Waals surface area (Å²) in [5.41, 5.74) is 3.51. The van der Waals surface area contributed by atoms with Crippen LogP contribution < -0.4 is 10.2 Å². The average Bonchev–Trinajstić information content (AvgIpc) is 3.64. The van der Waals surface area contributed by atoms with Gasteiger partial charge in [0.05, 0.1) is 35.4 Å². The zero-order chi connectivity index (χ0) is 25.5. The number of carbonyl (C=O) groups is 2. The third-order valence-electron chi connectivity index (χ3n) is 7.61. The number of halogens is 1. The Hall–Kier alpha value is -4.00. The molecule has 0 radical (unpaired) electrons. The molecule has 3 aromatic carbocycles. The summed E-state index contributed by atoms with van der Waals surface area (Å²) in [6.07, 6.45) is 4.90. The van der Waals surface area contributed by atoms with Crippen LogP contribution in [-0.4, -0.2) is 33.7 Å². The van der Waals surface area contributed by atoms with Crippen LogP contribution in [0.3, 0.4) is 0 Å². The molecule has 1 aliphatic carbocycles. The van der Waals surface area contributed by atoms with Crippen LogP contribution in [0.2, 0.25) is 0 Å². The first-order valence-corrected chi connectivity index (χ1v) is 12.9. The van der Waals surface area contributed by atoms with Gasteiger partial charge in [-0.1, -0.05) is 37.3 Å². The molecule has 2 fully saturated rings. The average molecular weight is 497 g/mol.